The minimum absolute atomic E-state index is 0.210. The van der Waals surface area contributed by atoms with Gasteiger partial charge in [-0.25, -0.2) is 18.7 Å². The van der Waals surface area contributed by atoms with Gasteiger partial charge in [-0.2, -0.15) is 17.8 Å². The minimum Gasteiger partial charge on any atom is -0.444 e. The normalized spacial score (nSPS) is 16.0. The van der Waals surface area contributed by atoms with Crippen molar-refractivity contribution in [3.05, 3.63) is 35.2 Å². The van der Waals surface area contributed by atoms with E-state index in [1.54, 1.807) is 4.68 Å². The van der Waals surface area contributed by atoms with Crippen molar-refractivity contribution in [2.45, 2.75) is 58.6 Å². The van der Waals surface area contributed by atoms with E-state index in [1.807, 2.05) is 60.0 Å². The third-order valence-electron chi connectivity index (χ3n) is 7.44. The Morgan fingerprint density at radius 3 is 2.40 bits per heavy atom. The summed E-state index contributed by atoms with van der Waals surface area (Å²) >= 11 is 6.85. The number of aryl methyl sites for hydroxylation is 2. The number of carbonyl (C=O) groups excluding carboxylic acids is 1. The first-order valence-corrected chi connectivity index (χ1v) is 15.5. The monoisotopic (exact) mass is 616 g/mol. The highest BCUT2D eigenvalue weighted by molar-refractivity contribution is 7.87. The topological polar surface area (TPSA) is 127 Å². The van der Waals surface area contributed by atoms with Gasteiger partial charge >= 0.3 is 16.3 Å². The zero-order valence-corrected chi connectivity index (χ0v) is 26.8. The quantitative estimate of drug-likeness (QED) is 0.348. The van der Waals surface area contributed by atoms with E-state index in [0.29, 0.717) is 59.1 Å². The van der Waals surface area contributed by atoms with E-state index in [0.717, 1.165) is 19.2 Å². The summed E-state index contributed by atoms with van der Waals surface area (Å²) in [5.74, 6) is 0.593. The van der Waals surface area contributed by atoms with Crippen molar-refractivity contribution in [2.24, 2.45) is 7.05 Å². The summed E-state index contributed by atoms with van der Waals surface area (Å²) in [6.45, 7) is 10.5. The Morgan fingerprint density at radius 2 is 1.79 bits per heavy atom. The summed E-state index contributed by atoms with van der Waals surface area (Å²) in [4.78, 5) is 24.3. The maximum absolute atomic E-state index is 13.5. The number of hydrogen-bond donors (Lipinski definition) is 1. The molecule has 1 saturated heterocycles. The van der Waals surface area contributed by atoms with Crippen LogP contribution in [-0.2, 0) is 22.0 Å². The summed E-state index contributed by atoms with van der Waals surface area (Å²) in [5, 5.41) is 8.65. The Labute approximate surface area is 250 Å². The standard InChI is InChI=1S/C28H37ClN8O4S/c1-17-24(36-13-11-28(5,12-14-36)32-26(38)41-27(2,3)4)31-25-23(30-17)19(16-37(25)42(39,40)34(6)7)18-9-10-21-20(22(18)29)15-35(8)33-21/h9-10,15-16H,11-14H2,1-8H3,(H,32,38). The number of ether oxygens (including phenoxy) is 1. The number of hydrogen-bond acceptors (Lipinski definition) is 8. The number of anilines is 1. The van der Waals surface area contributed by atoms with Crippen molar-refractivity contribution in [1.29, 1.82) is 0 Å². The molecule has 0 spiro atoms. The molecule has 0 unspecified atom stereocenters. The molecule has 42 heavy (non-hydrogen) atoms. The van der Waals surface area contributed by atoms with Crippen LogP contribution in [0.15, 0.2) is 24.5 Å². The lowest BCUT2D eigenvalue weighted by molar-refractivity contribution is 0.0448. The molecule has 1 aromatic carbocycles. The molecular formula is C28H37ClN8O4S. The highest BCUT2D eigenvalue weighted by Gasteiger charge is 2.35. The van der Waals surface area contributed by atoms with Gasteiger partial charge in [0.1, 0.15) is 11.1 Å². The fourth-order valence-corrected chi connectivity index (χ4v) is 6.44. The molecule has 0 radical (unpaired) electrons. The van der Waals surface area contributed by atoms with Gasteiger partial charge in [0.2, 0.25) is 0 Å². The molecule has 0 bridgehead atoms. The first-order chi connectivity index (χ1) is 19.5. The van der Waals surface area contributed by atoms with Gasteiger partial charge in [0.05, 0.1) is 16.2 Å². The van der Waals surface area contributed by atoms with Gasteiger partial charge in [-0.05, 0) is 53.5 Å². The molecule has 4 aromatic rings. The SMILES string of the molecule is Cc1nc2c(-c3ccc4nn(C)cc4c3Cl)cn(S(=O)(=O)N(C)C)c2nc1N1CCC(C)(NC(=O)OC(C)(C)C)CC1. The lowest BCUT2D eigenvalue weighted by Gasteiger charge is -2.40. The molecule has 0 atom stereocenters. The number of rotatable bonds is 5. The molecular weight excluding hydrogens is 580 g/mol. The zero-order valence-electron chi connectivity index (χ0n) is 25.2. The molecule has 1 amide bonds. The van der Waals surface area contributed by atoms with Crippen LogP contribution in [0.1, 0.15) is 46.2 Å². The molecule has 12 nitrogen and oxygen atoms in total. The van der Waals surface area contributed by atoms with Crippen LogP contribution in [0, 0.1) is 6.92 Å². The Balaban J connectivity index is 1.55. The minimum atomic E-state index is -3.94. The molecule has 3 aromatic heterocycles. The molecule has 0 saturated carbocycles. The van der Waals surface area contributed by atoms with Gasteiger partial charge in [0.25, 0.3) is 0 Å². The summed E-state index contributed by atoms with van der Waals surface area (Å²) in [5.41, 5.74) is 2.19. The van der Waals surface area contributed by atoms with Gasteiger partial charge in [-0.15, -0.1) is 0 Å². The maximum Gasteiger partial charge on any atom is 0.408 e. The Morgan fingerprint density at radius 1 is 1.12 bits per heavy atom. The van der Waals surface area contributed by atoms with E-state index in [-0.39, 0.29) is 5.65 Å². The first-order valence-electron chi connectivity index (χ1n) is 13.7. The average Bonchev–Trinajstić information content (AvgIpc) is 3.43. The second-order valence-corrected chi connectivity index (χ2v) is 14.7. The van der Waals surface area contributed by atoms with Crippen molar-refractivity contribution in [2.75, 3.05) is 32.1 Å². The van der Waals surface area contributed by atoms with Crippen LogP contribution >= 0.6 is 11.6 Å². The van der Waals surface area contributed by atoms with Crippen molar-refractivity contribution < 1.29 is 17.9 Å². The molecule has 1 aliphatic heterocycles. The fraction of sp³-hybridized carbons (Fsp3) is 0.500. The fourth-order valence-electron chi connectivity index (χ4n) is 5.20. The number of piperidine rings is 1. The summed E-state index contributed by atoms with van der Waals surface area (Å²) in [7, 11) is 0.824. The van der Waals surface area contributed by atoms with Crippen LogP contribution in [-0.4, -0.2) is 80.9 Å². The van der Waals surface area contributed by atoms with Crippen molar-refractivity contribution in [3.63, 3.8) is 0 Å². The van der Waals surface area contributed by atoms with Crippen molar-refractivity contribution in [3.8, 4) is 11.1 Å². The van der Waals surface area contributed by atoms with Crippen LogP contribution in [0.25, 0.3) is 33.2 Å². The van der Waals surface area contributed by atoms with Crippen LogP contribution in [0.5, 0.6) is 0 Å². The van der Waals surface area contributed by atoms with Crippen LogP contribution < -0.4 is 10.2 Å². The summed E-state index contributed by atoms with van der Waals surface area (Å²) in [6.07, 6.45) is 4.21. The Bertz CT molecular complexity index is 1800. The lowest BCUT2D eigenvalue weighted by atomic mass is 9.89. The van der Waals surface area contributed by atoms with E-state index in [1.165, 1.54) is 20.3 Å². The predicted octanol–water partition coefficient (Wildman–Crippen LogP) is 4.48. The van der Waals surface area contributed by atoms with E-state index in [4.69, 9.17) is 26.3 Å². The average molecular weight is 617 g/mol. The molecule has 0 aliphatic carbocycles. The molecule has 226 valence electrons. The Kier molecular flexibility index (Phi) is 7.43. The van der Waals surface area contributed by atoms with Gasteiger partial charge < -0.3 is 15.0 Å². The lowest BCUT2D eigenvalue weighted by Crippen LogP contribution is -2.54. The summed E-state index contributed by atoms with van der Waals surface area (Å²) in [6, 6.07) is 3.68. The second kappa shape index (κ2) is 10.4. The van der Waals surface area contributed by atoms with Crippen LogP contribution in [0.4, 0.5) is 10.6 Å². The van der Waals surface area contributed by atoms with E-state index in [2.05, 4.69) is 15.3 Å². The number of nitrogens with one attached hydrogen (secondary N) is 1. The van der Waals surface area contributed by atoms with Gasteiger partial charge in [-0.1, -0.05) is 17.7 Å². The number of amides is 1. The van der Waals surface area contributed by atoms with E-state index < -0.39 is 27.4 Å². The largest absolute Gasteiger partial charge is 0.444 e. The van der Waals surface area contributed by atoms with Gasteiger partial charge in [0.15, 0.2) is 11.5 Å². The highest BCUT2D eigenvalue weighted by Crippen LogP contribution is 2.39. The molecule has 4 heterocycles. The number of carbonyl (C=O) groups is 1. The highest BCUT2D eigenvalue weighted by atomic mass is 35.5. The smallest absolute Gasteiger partial charge is 0.408 e. The number of fused-ring (bicyclic) bond motifs is 2. The number of aromatic nitrogens is 5. The first kappa shape index (κ1) is 30.1. The molecule has 1 fully saturated rings. The molecule has 1 aliphatic rings. The molecule has 1 N–H and O–H groups in total. The molecule has 5 rings (SSSR count). The van der Waals surface area contributed by atoms with Gasteiger partial charge in [0, 0.05) is 68.7 Å². The van der Waals surface area contributed by atoms with Gasteiger partial charge in [-0.3, -0.25) is 4.68 Å². The van der Waals surface area contributed by atoms with Crippen molar-refractivity contribution in [1.82, 2.24) is 33.3 Å². The zero-order chi connectivity index (χ0) is 30.8. The number of benzene rings is 1. The number of halogens is 1. The van der Waals surface area contributed by atoms with E-state index in [9.17, 15) is 13.2 Å². The second-order valence-electron chi connectivity index (χ2n) is 12.3. The number of nitrogens with zero attached hydrogens (tertiary/aromatic N) is 7. The third-order valence-corrected chi connectivity index (χ3v) is 9.55. The van der Waals surface area contributed by atoms with Crippen LogP contribution in [0.3, 0.4) is 0 Å². The maximum atomic E-state index is 13.5. The van der Waals surface area contributed by atoms with E-state index >= 15 is 0 Å². The van der Waals surface area contributed by atoms with Crippen LogP contribution in [0.2, 0.25) is 5.02 Å². The third kappa shape index (κ3) is 5.52. The Hall–Kier alpha value is -3.42. The molecule has 14 heteroatoms. The predicted molar refractivity (Wildman–Crippen MR) is 164 cm³/mol. The van der Waals surface area contributed by atoms with Crippen molar-refractivity contribution >= 4 is 55.8 Å². The number of alkyl carbamates (subject to hydrolysis) is 1. The summed E-state index contributed by atoms with van der Waals surface area (Å²) < 4.78 is 36.4.